The van der Waals surface area contributed by atoms with Crippen LogP contribution in [-0.4, -0.2) is 25.9 Å². The van der Waals surface area contributed by atoms with Gasteiger partial charge in [0.15, 0.2) is 0 Å². The summed E-state index contributed by atoms with van der Waals surface area (Å²) in [6.45, 7) is 1.00. The number of amides is 1. The Morgan fingerprint density at radius 1 is 1.12 bits per heavy atom. The van der Waals surface area contributed by atoms with Crippen LogP contribution < -0.4 is 5.73 Å². The molecular formula is C18H16N4O2. The van der Waals surface area contributed by atoms with Gasteiger partial charge < -0.3 is 15.7 Å². The van der Waals surface area contributed by atoms with Crippen molar-refractivity contribution in [1.29, 1.82) is 0 Å². The Kier molecular flexibility index (Phi) is 3.39. The molecule has 1 amide bonds. The van der Waals surface area contributed by atoms with E-state index < -0.39 is 0 Å². The molecule has 0 radical (unpaired) electrons. The lowest BCUT2D eigenvalue weighted by molar-refractivity contribution is 0.0747. The number of nitrogen functional groups attached to an aromatic ring is 1. The van der Waals surface area contributed by atoms with E-state index in [2.05, 4.69) is 9.97 Å². The van der Waals surface area contributed by atoms with Crippen molar-refractivity contribution in [2.45, 2.75) is 19.7 Å². The predicted molar refractivity (Wildman–Crippen MR) is 89.9 cm³/mol. The summed E-state index contributed by atoms with van der Waals surface area (Å²) in [5, 5.41) is 9.96. The normalized spacial score (nSPS) is 13.3. The molecule has 0 spiro atoms. The van der Waals surface area contributed by atoms with Crippen molar-refractivity contribution >= 4 is 22.8 Å². The van der Waals surface area contributed by atoms with E-state index >= 15 is 0 Å². The number of aliphatic hydroxyl groups is 1. The first-order chi connectivity index (χ1) is 11.7. The number of rotatable bonds is 2. The molecule has 0 aliphatic carbocycles. The molecule has 0 saturated heterocycles. The Balaban J connectivity index is 1.77. The van der Waals surface area contributed by atoms with E-state index in [-0.39, 0.29) is 24.2 Å². The van der Waals surface area contributed by atoms with Gasteiger partial charge in [-0.25, -0.2) is 9.97 Å². The molecule has 1 aromatic heterocycles. The summed E-state index contributed by atoms with van der Waals surface area (Å²) in [5.41, 5.74) is 9.65. The van der Waals surface area contributed by atoms with E-state index in [0.29, 0.717) is 29.6 Å². The summed E-state index contributed by atoms with van der Waals surface area (Å²) in [7, 11) is 0. The number of aliphatic hydroxyl groups excluding tert-OH is 1. The van der Waals surface area contributed by atoms with Gasteiger partial charge in [-0.1, -0.05) is 30.3 Å². The lowest BCUT2D eigenvalue weighted by atomic mass is 10.1. The number of benzene rings is 2. The second kappa shape index (κ2) is 5.58. The standard InChI is InChI=1S/C18H16N4O2/c19-18-20-15-6-5-11(10-23)7-14(15)16(21-18)17(24)22-8-12-3-1-2-4-13(12)9-22/h1-7,23H,8-10H2,(H2,19,20,21). The van der Waals surface area contributed by atoms with Gasteiger partial charge in [0.05, 0.1) is 12.1 Å². The molecular weight excluding hydrogens is 304 g/mol. The highest BCUT2D eigenvalue weighted by Gasteiger charge is 2.26. The molecule has 4 rings (SSSR count). The number of anilines is 1. The van der Waals surface area contributed by atoms with Crippen LogP contribution in [0.2, 0.25) is 0 Å². The van der Waals surface area contributed by atoms with Crippen LogP contribution in [0.5, 0.6) is 0 Å². The number of carbonyl (C=O) groups is 1. The third-order valence-electron chi connectivity index (χ3n) is 4.29. The smallest absolute Gasteiger partial charge is 0.273 e. The number of hydrogen-bond acceptors (Lipinski definition) is 5. The Labute approximate surface area is 138 Å². The van der Waals surface area contributed by atoms with Crippen molar-refractivity contribution in [1.82, 2.24) is 14.9 Å². The van der Waals surface area contributed by atoms with Crippen molar-refractivity contribution in [3.05, 3.63) is 64.8 Å². The largest absolute Gasteiger partial charge is 0.392 e. The Morgan fingerprint density at radius 2 is 1.83 bits per heavy atom. The number of carbonyl (C=O) groups excluding carboxylic acids is 1. The first-order valence-electron chi connectivity index (χ1n) is 7.69. The van der Waals surface area contributed by atoms with E-state index in [1.54, 1.807) is 23.1 Å². The van der Waals surface area contributed by atoms with Gasteiger partial charge in [-0.3, -0.25) is 4.79 Å². The van der Waals surface area contributed by atoms with E-state index in [0.717, 1.165) is 11.1 Å². The first kappa shape index (κ1) is 14.6. The molecule has 120 valence electrons. The van der Waals surface area contributed by atoms with Gasteiger partial charge in [0, 0.05) is 18.5 Å². The maximum atomic E-state index is 13.0. The molecule has 0 atom stereocenters. The van der Waals surface area contributed by atoms with E-state index in [1.807, 2.05) is 24.3 Å². The van der Waals surface area contributed by atoms with E-state index in [4.69, 9.17) is 5.73 Å². The molecule has 0 fully saturated rings. The summed E-state index contributed by atoms with van der Waals surface area (Å²) in [5.74, 6) is -0.111. The summed E-state index contributed by atoms with van der Waals surface area (Å²) >= 11 is 0. The van der Waals surface area contributed by atoms with Crippen LogP contribution in [-0.2, 0) is 19.7 Å². The van der Waals surface area contributed by atoms with Gasteiger partial charge in [-0.15, -0.1) is 0 Å². The molecule has 2 aromatic carbocycles. The Bertz CT molecular complexity index is 930. The van der Waals surface area contributed by atoms with Crippen LogP contribution in [0.1, 0.15) is 27.2 Å². The maximum Gasteiger partial charge on any atom is 0.273 e. The number of nitrogens with zero attached hydrogens (tertiary/aromatic N) is 3. The monoisotopic (exact) mass is 320 g/mol. The van der Waals surface area contributed by atoms with Crippen LogP contribution in [0, 0.1) is 0 Å². The lowest BCUT2D eigenvalue weighted by Gasteiger charge is -2.16. The molecule has 3 N–H and O–H groups in total. The highest BCUT2D eigenvalue weighted by atomic mass is 16.3. The number of hydrogen-bond donors (Lipinski definition) is 2. The molecule has 6 nitrogen and oxygen atoms in total. The fraction of sp³-hybridized carbons (Fsp3) is 0.167. The van der Waals surface area contributed by atoms with Crippen molar-refractivity contribution in [2.75, 3.05) is 5.73 Å². The third kappa shape index (κ3) is 2.37. The maximum absolute atomic E-state index is 13.0. The Hall–Kier alpha value is -2.99. The summed E-state index contributed by atoms with van der Waals surface area (Å²) < 4.78 is 0. The molecule has 24 heavy (non-hydrogen) atoms. The van der Waals surface area contributed by atoms with Crippen LogP contribution in [0.15, 0.2) is 42.5 Å². The highest BCUT2D eigenvalue weighted by Crippen LogP contribution is 2.26. The van der Waals surface area contributed by atoms with Crippen LogP contribution in [0.25, 0.3) is 10.9 Å². The molecule has 2 heterocycles. The van der Waals surface area contributed by atoms with Crippen molar-refractivity contribution < 1.29 is 9.90 Å². The van der Waals surface area contributed by atoms with Gasteiger partial charge in [-0.2, -0.15) is 0 Å². The highest BCUT2D eigenvalue weighted by molar-refractivity contribution is 6.05. The van der Waals surface area contributed by atoms with Crippen molar-refractivity contribution in [2.24, 2.45) is 0 Å². The average Bonchev–Trinajstić information content (AvgIpc) is 3.04. The number of fused-ring (bicyclic) bond motifs is 2. The minimum absolute atomic E-state index is 0.0688. The predicted octanol–water partition coefficient (Wildman–Crippen LogP) is 1.86. The van der Waals surface area contributed by atoms with E-state index in [9.17, 15) is 9.90 Å². The third-order valence-corrected chi connectivity index (χ3v) is 4.29. The molecule has 6 heteroatoms. The fourth-order valence-electron chi connectivity index (χ4n) is 3.08. The molecule has 1 aliphatic rings. The number of aromatic nitrogens is 2. The zero-order chi connectivity index (χ0) is 16.7. The van der Waals surface area contributed by atoms with Gasteiger partial charge in [0.2, 0.25) is 5.95 Å². The summed E-state index contributed by atoms with van der Waals surface area (Å²) in [4.78, 5) is 23.1. The summed E-state index contributed by atoms with van der Waals surface area (Å²) in [6, 6.07) is 13.2. The fourth-order valence-corrected chi connectivity index (χ4v) is 3.08. The molecule has 0 bridgehead atoms. The van der Waals surface area contributed by atoms with Gasteiger partial charge in [0.1, 0.15) is 5.69 Å². The quantitative estimate of drug-likeness (QED) is 0.752. The minimum Gasteiger partial charge on any atom is -0.392 e. The van der Waals surface area contributed by atoms with Crippen molar-refractivity contribution in [3.8, 4) is 0 Å². The topological polar surface area (TPSA) is 92.3 Å². The Morgan fingerprint density at radius 3 is 2.50 bits per heavy atom. The zero-order valence-corrected chi connectivity index (χ0v) is 12.9. The van der Waals surface area contributed by atoms with Crippen LogP contribution in [0.3, 0.4) is 0 Å². The molecule has 0 unspecified atom stereocenters. The van der Waals surface area contributed by atoms with Gasteiger partial charge >= 0.3 is 0 Å². The molecule has 0 saturated carbocycles. The van der Waals surface area contributed by atoms with E-state index in [1.165, 1.54) is 0 Å². The van der Waals surface area contributed by atoms with Gasteiger partial charge in [-0.05, 0) is 28.8 Å². The SMILES string of the molecule is Nc1nc(C(=O)N2Cc3ccccc3C2)c2cc(CO)ccc2n1. The van der Waals surface area contributed by atoms with Crippen molar-refractivity contribution in [3.63, 3.8) is 0 Å². The lowest BCUT2D eigenvalue weighted by Crippen LogP contribution is -2.27. The first-order valence-corrected chi connectivity index (χ1v) is 7.69. The molecule has 3 aromatic rings. The zero-order valence-electron chi connectivity index (χ0n) is 12.9. The van der Waals surface area contributed by atoms with Gasteiger partial charge in [0.25, 0.3) is 5.91 Å². The number of nitrogens with two attached hydrogens (primary N) is 1. The second-order valence-corrected chi connectivity index (χ2v) is 5.87. The average molecular weight is 320 g/mol. The van der Waals surface area contributed by atoms with Crippen LogP contribution >= 0.6 is 0 Å². The van der Waals surface area contributed by atoms with Crippen LogP contribution in [0.4, 0.5) is 5.95 Å². The second-order valence-electron chi connectivity index (χ2n) is 5.87. The molecule has 1 aliphatic heterocycles. The summed E-state index contributed by atoms with van der Waals surface area (Å²) in [6.07, 6.45) is 0. The minimum atomic E-state index is -0.180.